The Kier molecular flexibility index (Phi) is 3.30. The zero-order valence-corrected chi connectivity index (χ0v) is 12.9. The van der Waals surface area contributed by atoms with E-state index < -0.39 is 0 Å². The zero-order chi connectivity index (χ0) is 16.7. The number of aromatic nitrogens is 3. The van der Waals surface area contributed by atoms with Crippen molar-refractivity contribution < 1.29 is 13.9 Å². The van der Waals surface area contributed by atoms with E-state index in [4.69, 9.17) is 4.42 Å². The maximum absolute atomic E-state index is 13.0. The van der Waals surface area contributed by atoms with Gasteiger partial charge < -0.3 is 14.5 Å². The average Bonchev–Trinajstić information content (AvgIpc) is 3.16. The highest BCUT2D eigenvalue weighted by atomic mass is 19.1. The van der Waals surface area contributed by atoms with Gasteiger partial charge in [-0.05, 0) is 36.8 Å². The number of phenolic OH excluding ortho intramolecular Hbond substituents is 1. The molecule has 120 valence electrons. The van der Waals surface area contributed by atoms with Crippen LogP contribution in [0.1, 0.15) is 17.1 Å². The number of fused-ring (bicyclic) bond motifs is 1. The largest absolute Gasteiger partial charge is 0.505 e. The molecule has 0 amide bonds. The van der Waals surface area contributed by atoms with E-state index >= 15 is 0 Å². The Hall–Kier alpha value is -3.15. The third-order valence-corrected chi connectivity index (χ3v) is 3.82. The van der Waals surface area contributed by atoms with Gasteiger partial charge in [-0.3, -0.25) is 0 Å². The lowest BCUT2D eigenvalue weighted by molar-refractivity contribution is 0.475. The maximum Gasteiger partial charge on any atom is 0.230 e. The van der Waals surface area contributed by atoms with E-state index in [2.05, 4.69) is 15.0 Å². The predicted octanol–water partition coefficient (Wildman–Crippen LogP) is 3.96. The Morgan fingerprint density at radius 3 is 2.75 bits per heavy atom. The number of benzene rings is 2. The minimum Gasteiger partial charge on any atom is -0.505 e. The first-order valence-corrected chi connectivity index (χ1v) is 7.48. The topological polar surface area (TPSA) is 74.9 Å². The van der Waals surface area contributed by atoms with Crippen LogP contribution in [0, 0.1) is 12.7 Å². The van der Waals surface area contributed by atoms with Crippen LogP contribution in [-0.2, 0) is 6.42 Å². The summed E-state index contributed by atoms with van der Waals surface area (Å²) in [5, 5.41) is 10.4. The van der Waals surface area contributed by atoms with Crippen molar-refractivity contribution in [3.8, 4) is 17.2 Å². The van der Waals surface area contributed by atoms with Crippen LogP contribution in [0.15, 0.2) is 47.0 Å². The quantitative estimate of drug-likeness (QED) is 0.598. The SMILES string of the molecule is Cc1nc2c(O)c(-c3ncc(Cc4ccc(F)cc4)o3)ccc2[nH]1. The monoisotopic (exact) mass is 323 g/mol. The summed E-state index contributed by atoms with van der Waals surface area (Å²) in [5.41, 5.74) is 2.65. The first-order chi connectivity index (χ1) is 11.6. The number of nitrogens with zero attached hydrogens (tertiary/aromatic N) is 2. The second-order valence-electron chi connectivity index (χ2n) is 5.62. The number of halogens is 1. The van der Waals surface area contributed by atoms with E-state index in [-0.39, 0.29) is 11.6 Å². The molecule has 0 aliphatic carbocycles. The van der Waals surface area contributed by atoms with Gasteiger partial charge in [0, 0.05) is 6.42 Å². The van der Waals surface area contributed by atoms with Crippen LogP contribution >= 0.6 is 0 Å². The van der Waals surface area contributed by atoms with Crippen molar-refractivity contribution in [3.63, 3.8) is 0 Å². The van der Waals surface area contributed by atoms with E-state index in [0.717, 1.165) is 16.9 Å². The normalized spacial score (nSPS) is 11.2. The van der Waals surface area contributed by atoms with Crippen LogP contribution in [0.5, 0.6) is 5.75 Å². The number of H-pyrrole nitrogens is 1. The number of rotatable bonds is 3. The molecule has 0 saturated carbocycles. The third-order valence-electron chi connectivity index (χ3n) is 3.82. The Labute approximate surface area is 136 Å². The van der Waals surface area contributed by atoms with Gasteiger partial charge in [0.2, 0.25) is 5.89 Å². The molecule has 4 aromatic rings. The molecule has 0 spiro atoms. The van der Waals surface area contributed by atoms with Gasteiger partial charge >= 0.3 is 0 Å². The first kappa shape index (κ1) is 14.4. The van der Waals surface area contributed by atoms with Crippen LogP contribution < -0.4 is 0 Å². The van der Waals surface area contributed by atoms with Gasteiger partial charge in [0.15, 0.2) is 5.75 Å². The molecule has 0 radical (unpaired) electrons. The number of oxazole rings is 1. The summed E-state index contributed by atoms with van der Waals surface area (Å²) in [6.07, 6.45) is 2.11. The van der Waals surface area contributed by atoms with Crippen LogP contribution in [0.2, 0.25) is 0 Å². The van der Waals surface area contributed by atoms with Crippen molar-refractivity contribution >= 4 is 11.0 Å². The Morgan fingerprint density at radius 1 is 1.17 bits per heavy atom. The number of imidazole rings is 1. The van der Waals surface area contributed by atoms with Gasteiger partial charge in [0.1, 0.15) is 22.9 Å². The smallest absolute Gasteiger partial charge is 0.230 e. The van der Waals surface area contributed by atoms with Gasteiger partial charge in [-0.1, -0.05) is 12.1 Å². The summed E-state index contributed by atoms with van der Waals surface area (Å²) in [6.45, 7) is 1.82. The molecule has 4 rings (SSSR count). The first-order valence-electron chi connectivity index (χ1n) is 7.48. The van der Waals surface area contributed by atoms with Crippen LogP contribution in [0.4, 0.5) is 4.39 Å². The molecule has 2 N–H and O–H groups in total. The predicted molar refractivity (Wildman–Crippen MR) is 87.2 cm³/mol. The summed E-state index contributed by atoms with van der Waals surface area (Å²) in [7, 11) is 0. The highest BCUT2D eigenvalue weighted by Crippen LogP contribution is 2.34. The average molecular weight is 323 g/mol. The Bertz CT molecular complexity index is 1020. The molecule has 24 heavy (non-hydrogen) atoms. The number of aryl methyl sites for hydroxylation is 1. The van der Waals surface area contributed by atoms with Crippen molar-refractivity contribution in [2.75, 3.05) is 0 Å². The molecule has 0 unspecified atom stereocenters. The number of aromatic amines is 1. The number of aromatic hydroxyl groups is 1. The van der Waals surface area contributed by atoms with Gasteiger partial charge in [-0.25, -0.2) is 14.4 Å². The van der Waals surface area contributed by atoms with Gasteiger partial charge in [0.25, 0.3) is 0 Å². The van der Waals surface area contributed by atoms with E-state index in [1.165, 1.54) is 12.1 Å². The van der Waals surface area contributed by atoms with Gasteiger partial charge in [0.05, 0.1) is 17.3 Å². The highest BCUT2D eigenvalue weighted by Gasteiger charge is 2.16. The van der Waals surface area contributed by atoms with Gasteiger partial charge in [-0.15, -0.1) is 0 Å². The fraction of sp³-hybridized carbons (Fsp3) is 0.111. The minimum atomic E-state index is -0.274. The summed E-state index contributed by atoms with van der Waals surface area (Å²) < 4.78 is 18.7. The molecule has 2 heterocycles. The highest BCUT2D eigenvalue weighted by molar-refractivity contribution is 5.88. The molecule has 0 fully saturated rings. The molecule has 2 aromatic carbocycles. The Balaban J connectivity index is 1.67. The van der Waals surface area contributed by atoms with Crippen LogP contribution in [0.3, 0.4) is 0 Å². The molecule has 0 saturated heterocycles. The molecule has 6 heteroatoms. The summed E-state index contributed by atoms with van der Waals surface area (Å²) in [6, 6.07) is 9.79. The molecule has 0 aliphatic heterocycles. The zero-order valence-electron chi connectivity index (χ0n) is 12.9. The van der Waals surface area contributed by atoms with E-state index in [9.17, 15) is 9.50 Å². The minimum absolute atomic E-state index is 0.0343. The maximum atomic E-state index is 13.0. The number of phenols is 1. The van der Waals surface area contributed by atoms with Crippen LogP contribution in [-0.4, -0.2) is 20.1 Å². The van der Waals surface area contributed by atoms with E-state index in [1.807, 2.05) is 13.0 Å². The fourth-order valence-electron chi connectivity index (χ4n) is 2.67. The molecule has 0 bridgehead atoms. The lowest BCUT2D eigenvalue weighted by atomic mass is 10.1. The molecule has 5 nitrogen and oxygen atoms in total. The second kappa shape index (κ2) is 5.49. The van der Waals surface area contributed by atoms with Crippen molar-refractivity contribution in [1.82, 2.24) is 15.0 Å². The van der Waals surface area contributed by atoms with Gasteiger partial charge in [-0.2, -0.15) is 0 Å². The standard InChI is InChI=1S/C18H14FN3O2/c1-10-21-15-7-6-14(17(23)16(15)22-10)18-20-9-13(24-18)8-11-2-4-12(19)5-3-11/h2-7,9,23H,8H2,1H3,(H,21,22). The van der Waals surface area contributed by atoms with Crippen molar-refractivity contribution in [1.29, 1.82) is 0 Å². The van der Waals surface area contributed by atoms with Crippen molar-refractivity contribution in [2.24, 2.45) is 0 Å². The van der Waals surface area contributed by atoms with Crippen molar-refractivity contribution in [3.05, 3.63) is 65.6 Å². The lowest BCUT2D eigenvalue weighted by Gasteiger charge is -2.01. The molecular weight excluding hydrogens is 309 g/mol. The third kappa shape index (κ3) is 2.52. The van der Waals surface area contributed by atoms with E-state index in [1.54, 1.807) is 24.4 Å². The molecule has 0 aliphatic rings. The number of hydrogen-bond acceptors (Lipinski definition) is 4. The summed E-state index contributed by atoms with van der Waals surface area (Å²) >= 11 is 0. The van der Waals surface area contributed by atoms with Crippen molar-refractivity contribution in [2.45, 2.75) is 13.3 Å². The summed E-state index contributed by atoms with van der Waals surface area (Å²) in [5.74, 6) is 1.44. The summed E-state index contributed by atoms with van der Waals surface area (Å²) in [4.78, 5) is 11.6. The molecule has 2 aromatic heterocycles. The van der Waals surface area contributed by atoms with Crippen LogP contribution in [0.25, 0.3) is 22.5 Å². The fourth-order valence-corrected chi connectivity index (χ4v) is 2.67. The lowest BCUT2D eigenvalue weighted by Crippen LogP contribution is -1.85. The molecular formula is C18H14FN3O2. The molecule has 0 atom stereocenters. The van der Waals surface area contributed by atoms with E-state index in [0.29, 0.717) is 29.2 Å². The number of nitrogens with one attached hydrogen (secondary N) is 1. The second-order valence-corrected chi connectivity index (χ2v) is 5.62. The Morgan fingerprint density at radius 2 is 1.96 bits per heavy atom. The number of hydrogen-bond donors (Lipinski definition) is 2.